The first-order valence-corrected chi connectivity index (χ1v) is 13.0. The van der Waals surface area contributed by atoms with Crippen molar-refractivity contribution in [3.8, 4) is 5.75 Å². The maximum atomic E-state index is 12.8. The third-order valence-electron chi connectivity index (χ3n) is 5.27. The highest BCUT2D eigenvalue weighted by atomic mass is 79.9. The topological polar surface area (TPSA) is 66.9 Å². The van der Waals surface area contributed by atoms with Crippen molar-refractivity contribution in [1.29, 1.82) is 0 Å². The second-order valence-corrected chi connectivity index (χ2v) is 10.7. The first-order chi connectivity index (χ1) is 15.8. The highest BCUT2D eigenvalue weighted by Gasteiger charge is 2.37. The van der Waals surface area contributed by atoms with Crippen LogP contribution in [-0.4, -0.2) is 46.5 Å². The van der Waals surface area contributed by atoms with Crippen molar-refractivity contribution in [2.45, 2.75) is 19.4 Å². The Kier molecular flexibility index (Phi) is 7.83. The van der Waals surface area contributed by atoms with Crippen molar-refractivity contribution in [2.75, 3.05) is 19.6 Å². The van der Waals surface area contributed by atoms with E-state index in [9.17, 15) is 14.4 Å². The van der Waals surface area contributed by atoms with Gasteiger partial charge in [-0.25, -0.2) is 0 Å². The number of likely N-dealkylation sites (tertiary alicyclic amines) is 1. The summed E-state index contributed by atoms with van der Waals surface area (Å²) in [7, 11) is 0. The lowest BCUT2D eigenvalue weighted by Crippen LogP contribution is -2.40. The Bertz CT molecular complexity index is 1130. The van der Waals surface area contributed by atoms with E-state index in [2.05, 4.69) is 31.9 Å². The molecule has 0 aromatic heterocycles. The molecule has 2 aromatic rings. The molecular weight excluding hydrogens is 596 g/mol. The van der Waals surface area contributed by atoms with Gasteiger partial charge in [-0.05, 0) is 86.3 Å². The summed E-state index contributed by atoms with van der Waals surface area (Å²) in [6.45, 7) is 1.43. The number of imide groups is 1. The van der Waals surface area contributed by atoms with Crippen molar-refractivity contribution in [3.63, 3.8) is 0 Å². The SMILES string of the molecule is O=C(CN1C(=O)S/C(=C\c2cc(Br)c(OCc3ccccc3Cl)c(Br)c2)C1=O)N1CCCC1. The highest BCUT2D eigenvalue weighted by molar-refractivity contribution is 9.11. The molecule has 0 atom stereocenters. The smallest absolute Gasteiger partial charge is 0.294 e. The standard InChI is InChI=1S/C23H19Br2ClN2O4S/c24-16-9-14(10-17(25)21(16)32-13-15-5-1-2-6-18(15)26)11-19-22(30)28(23(31)33-19)12-20(29)27-7-3-4-8-27/h1-2,5-6,9-11H,3-4,7-8,12-13H2/b19-11-. The fourth-order valence-corrected chi connectivity index (χ4v) is 6.03. The molecule has 2 aromatic carbocycles. The first kappa shape index (κ1) is 24.3. The number of amides is 3. The number of hydrogen-bond donors (Lipinski definition) is 0. The van der Waals surface area contributed by atoms with Crippen LogP contribution in [0.4, 0.5) is 4.79 Å². The molecule has 2 fully saturated rings. The van der Waals surface area contributed by atoms with Crippen LogP contribution >= 0.6 is 55.2 Å². The molecule has 2 aliphatic rings. The Hall–Kier alpha value is -1.81. The Labute approximate surface area is 217 Å². The summed E-state index contributed by atoms with van der Waals surface area (Å²) < 4.78 is 7.29. The maximum absolute atomic E-state index is 12.8. The Morgan fingerprint density at radius 1 is 1.12 bits per heavy atom. The second-order valence-electron chi connectivity index (χ2n) is 7.55. The minimum Gasteiger partial charge on any atom is -0.486 e. The normalized spacial score (nSPS) is 17.4. The Morgan fingerprint density at radius 3 is 2.45 bits per heavy atom. The maximum Gasteiger partial charge on any atom is 0.294 e. The van der Waals surface area contributed by atoms with Gasteiger partial charge < -0.3 is 9.64 Å². The van der Waals surface area contributed by atoms with E-state index >= 15 is 0 Å². The minimum atomic E-state index is -0.455. The van der Waals surface area contributed by atoms with Gasteiger partial charge in [-0.1, -0.05) is 29.8 Å². The molecule has 0 bridgehead atoms. The molecule has 2 heterocycles. The lowest BCUT2D eigenvalue weighted by Gasteiger charge is -2.18. The number of nitrogens with zero attached hydrogens (tertiary/aromatic N) is 2. The van der Waals surface area contributed by atoms with Crippen LogP contribution in [0.25, 0.3) is 6.08 Å². The summed E-state index contributed by atoms with van der Waals surface area (Å²) in [5.41, 5.74) is 1.56. The van der Waals surface area contributed by atoms with E-state index in [1.54, 1.807) is 29.2 Å². The molecule has 33 heavy (non-hydrogen) atoms. The summed E-state index contributed by atoms with van der Waals surface area (Å²) in [4.78, 5) is 40.5. The summed E-state index contributed by atoms with van der Waals surface area (Å²) >= 11 is 14.1. The third kappa shape index (κ3) is 5.65. The van der Waals surface area contributed by atoms with E-state index in [-0.39, 0.29) is 17.4 Å². The molecule has 0 aliphatic carbocycles. The van der Waals surface area contributed by atoms with E-state index in [4.69, 9.17) is 16.3 Å². The average Bonchev–Trinajstić information content (AvgIpc) is 3.39. The molecule has 10 heteroatoms. The summed E-state index contributed by atoms with van der Waals surface area (Å²) in [6, 6.07) is 11.0. The quantitative estimate of drug-likeness (QED) is 0.368. The molecule has 0 radical (unpaired) electrons. The number of carbonyl (C=O) groups excluding carboxylic acids is 3. The highest BCUT2D eigenvalue weighted by Crippen LogP contribution is 2.38. The molecule has 0 saturated carbocycles. The van der Waals surface area contributed by atoms with Crippen LogP contribution in [0.1, 0.15) is 24.0 Å². The monoisotopic (exact) mass is 612 g/mol. The second kappa shape index (κ2) is 10.6. The number of ether oxygens (including phenoxy) is 1. The molecule has 0 N–H and O–H groups in total. The van der Waals surface area contributed by atoms with Crippen molar-refractivity contribution in [1.82, 2.24) is 9.80 Å². The van der Waals surface area contributed by atoms with E-state index in [1.807, 2.05) is 18.2 Å². The van der Waals surface area contributed by atoms with Crippen LogP contribution in [0.5, 0.6) is 5.75 Å². The zero-order valence-corrected chi connectivity index (χ0v) is 22.1. The number of rotatable bonds is 6. The molecule has 6 nitrogen and oxygen atoms in total. The largest absolute Gasteiger partial charge is 0.486 e. The minimum absolute atomic E-state index is 0.193. The van der Waals surface area contributed by atoms with Gasteiger partial charge in [0.2, 0.25) is 5.91 Å². The predicted octanol–water partition coefficient (Wildman–Crippen LogP) is 6.10. The van der Waals surface area contributed by atoms with Crippen LogP contribution in [0.3, 0.4) is 0 Å². The summed E-state index contributed by atoms with van der Waals surface area (Å²) in [5, 5.41) is 0.192. The van der Waals surface area contributed by atoms with Crippen molar-refractivity contribution in [2.24, 2.45) is 0 Å². The van der Waals surface area contributed by atoms with Crippen LogP contribution in [0, 0.1) is 0 Å². The van der Waals surface area contributed by atoms with E-state index in [0.29, 0.717) is 45.0 Å². The molecule has 0 spiro atoms. The van der Waals surface area contributed by atoms with E-state index in [0.717, 1.165) is 35.1 Å². The van der Waals surface area contributed by atoms with Gasteiger partial charge in [-0.15, -0.1) is 0 Å². The van der Waals surface area contributed by atoms with Gasteiger partial charge in [0, 0.05) is 23.7 Å². The lowest BCUT2D eigenvalue weighted by atomic mass is 10.2. The van der Waals surface area contributed by atoms with Gasteiger partial charge in [0.1, 0.15) is 18.9 Å². The van der Waals surface area contributed by atoms with Gasteiger partial charge in [0.05, 0.1) is 13.9 Å². The number of hydrogen-bond acceptors (Lipinski definition) is 5. The number of carbonyl (C=O) groups is 3. The van der Waals surface area contributed by atoms with Crippen LogP contribution < -0.4 is 4.74 Å². The summed E-state index contributed by atoms with van der Waals surface area (Å²) in [5.74, 6) is -0.0539. The number of benzene rings is 2. The Morgan fingerprint density at radius 2 is 1.79 bits per heavy atom. The molecular formula is C23H19Br2ClN2O4S. The van der Waals surface area contributed by atoms with Crippen molar-refractivity contribution < 1.29 is 19.1 Å². The zero-order chi connectivity index (χ0) is 23.5. The Balaban J connectivity index is 1.47. The van der Waals surface area contributed by atoms with Gasteiger partial charge in [0.25, 0.3) is 11.1 Å². The van der Waals surface area contributed by atoms with Crippen LogP contribution in [0.2, 0.25) is 5.02 Å². The van der Waals surface area contributed by atoms with Crippen molar-refractivity contribution >= 4 is 78.4 Å². The molecule has 172 valence electrons. The van der Waals surface area contributed by atoms with Gasteiger partial charge in [-0.2, -0.15) is 0 Å². The summed E-state index contributed by atoms with van der Waals surface area (Å²) in [6.07, 6.45) is 3.55. The number of halogens is 3. The molecule has 2 saturated heterocycles. The predicted molar refractivity (Wildman–Crippen MR) is 136 cm³/mol. The average molecular weight is 615 g/mol. The molecule has 4 rings (SSSR count). The zero-order valence-electron chi connectivity index (χ0n) is 17.4. The molecule has 0 unspecified atom stereocenters. The third-order valence-corrected chi connectivity index (χ3v) is 7.73. The van der Waals surface area contributed by atoms with Gasteiger partial charge in [-0.3, -0.25) is 19.3 Å². The fraction of sp³-hybridized carbons (Fsp3) is 0.261. The molecule has 3 amide bonds. The van der Waals surface area contributed by atoms with Gasteiger partial charge >= 0.3 is 0 Å². The number of thioether (sulfide) groups is 1. The lowest BCUT2D eigenvalue weighted by molar-refractivity contribution is -0.135. The van der Waals surface area contributed by atoms with E-state index < -0.39 is 11.1 Å². The van der Waals surface area contributed by atoms with Crippen LogP contribution in [0.15, 0.2) is 50.2 Å². The van der Waals surface area contributed by atoms with Crippen molar-refractivity contribution in [3.05, 3.63) is 66.4 Å². The van der Waals surface area contributed by atoms with E-state index in [1.165, 1.54) is 0 Å². The molecule has 2 aliphatic heterocycles. The first-order valence-electron chi connectivity index (χ1n) is 10.2. The van der Waals surface area contributed by atoms with Crippen LogP contribution in [-0.2, 0) is 16.2 Å². The van der Waals surface area contributed by atoms with Gasteiger partial charge in [0.15, 0.2) is 0 Å². The fourth-order valence-electron chi connectivity index (χ4n) is 3.56.